The molecule has 2 aromatic heterocycles. The number of ether oxygens (including phenoxy) is 2. The van der Waals surface area contributed by atoms with Crippen molar-refractivity contribution >= 4 is 34.4 Å². The highest BCUT2D eigenvalue weighted by atomic mass is 32.2. The molecule has 1 amide bonds. The van der Waals surface area contributed by atoms with Crippen molar-refractivity contribution in [3.8, 4) is 11.5 Å². The van der Waals surface area contributed by atoms with Crippen LogP contribution < -0.4 is 20.3 Å². The van der Waals surface area contributed by atoms with Gasteiger partial charge in [-0.15, -0.1) is 0 Å². The Balaban J connectivity index is 1.51. The van der Waals surface area contributed by atoms with Crippen molar-refractivity contribution in [1.29, 1.82) is 0 Å². The maximum atomic E-state index is 12.9. The molecule has 8 nitrogen and oxygen atoms in total. The van der Waals surface area contributed by atoms with Gasteiger partial charge in [0.05, 0.1) is 11.3 Å². The van der Waals surface area contributed by atoms with Gasteiger partial charge in [0.25, 0.3) is 5.56 Å². The van der Waals surface area contributed by atoms with Crippen LogP contribution in [0, 0.1) is 12.8 Å². The number of carbonyl (C=O) groups is 1. The van der Waals surface area contributed by atoms with E-state index in [9.17, 15) is 9.59 Å². The summed E-state index contributed by atoms with van der Waals surface area (Å²) >= 11 is 1.25. The predicted octanol–water partition coefficient (Wildman–Crippen LogP) is 3.19. The van der Waals surface area contributed by atoms with E-state index in [1.807, 2.05) is 26.8 Å². The van der Waals surface area contributed by atoms with E-state index in [0.29, 0.717) is 53.1 Å². The van der Waals surface area contributed by atoms with Crippen molar-refractivity contribution < 1.29 is 14.3 Å². The minimum absolute atomic E-state index is 0.114. The Morgan fingerprint density at radius 3 is 2.80 bits per heavy atom. The lowest BCUT2D eigenvalue weighted by molar-refractivity contribution is -0.113. The van der Waals surface area contributed by atoms with Gasteiger partial charge in [0, 0.05) is 24.0 Å². The van der Waals surface area contributed by atoms with Gasteiger partial charge in [-0.05, 0) is 31.0 Å². The number of benzene rings is 1. The highest BCUT2D eigenvalue weighted by Gasteiger charge is 2.17. The second-order valence-corrected chi connectivity index (χ2v) is 8.55. The lowest BCUT2D eigenvalue weighted by atomic mass is 10.2. The molecule has 0 unspecified atom stereocenters. The molecule has 3 aromatic rings. The fourth-order valence-corrected chi connectivity index (χ4v) is 4.10. The van der Waals surface area contributed by atoms with E-state index in [2.05, 4.69) is 15.3 Å². The van der Waals surface area contributed by atoms with Gasteiger partial charge in [-0.1, -0.05) is 25.6 Å². The number of nitrogens with zero attached hydrogens (tertiary/aromatic N) is 2. The first kappa shape index (κ1) is 20.3. The Bertz CT molecular complexity index is 1150. The van der Waals surface area contributed by atoms with Crippen molar-refractivity contribution in [2.24, 2.45) is 5.92 Å². The summed E-state index contributed by atoms with van der Waals surface area (Å²) in [6, 6.07) is 7.15. The molecular weight excluding hydrogens is 404 g/mol. The van der Waals surface area contributed by atoms with Crippen LogP contribution in [0.25, 0.3) is 11.0 Å². The third-order valence-corrected chi connectivity index (χ3v) is 5.52. The minimum atomic E-state index is -0.188. The lowest BCUT2D eigenvalue weighted by Crippen LogP contribution is -2.26. The molecule has 1 aliphatic heterocycles. The molecule has 0 saturated carbocycles. The average molecular weight is 429 g/mol. The maximum Gasteiger partial charge on any atom is 0.278 e. The fourth-order valence-electron chi connectivity index (χ4n) is 3.30. The Labute approximate surface area is 178 Å². The molecule has 4 rings (SSSR count). The highest BCUT2D eigenvalue weighted by molar-refractivity contribution is 7.99. The van der Waals surface area contributed by atoms with Gasteiger partial charge < -0.3 is 19.8 Å². The number of hydrogen-bond acceptors (Lipinski definition) is 6. The lowest BCUT2D eigenvalue weighted by Gasteiger charge is -2.19. The average Bonchev–Trinajstić information content (AvgIpc) is 3.09. The van der Waals surface area contributed by atoms with E-state index in [4.69, 9.17) is 9.47 Å². The Hall–Kier alpha value is -2.94. The number of aromatic nitrogens is 3. The molecule has 1 aliphatic rings. The number of nitrogens with one attached hydrogen (secondary N) is 2. The molecule has 1 aromatic carbocycles. The van der Waals surface area contributed by atoms with Crippen LogP contribution in [0.5, 0.6) is 11.5 Å². The van der Waals surface area contributed by atoms with Crippen molar-refractivity contribution in [3.63, 3.8) is 0 Å². The Morgan fingerprint density at radius 2 is 2.03 bits per heavy atom. The summed E-state index contributed by atoms with van der Waals surface area (Å²) in [5.41, 5.74) is 2.51. The SMILES string of the molecule is Cc1cc2nc(SCC(=O)Nc3ccc4c(c3)OCCO4)n(CC(C)C)c(=O)c2[nH]1. The number of hydrogen-bond donors (Lipinski definition) is 2. The second-order valence-electron chi connectivity index (χ2n) is 7.61. The molecule has 0 bridgehead atoms. The first-order valence-electron chi connectivity index (χ1n) is 9.83. The summed E-state index contributed by atoms with van der Waals surface area (Å²) in [4.78, 5) is 33.1. The van der Waals surface area contributed by atoms with Gasteiger partial charge in [-0.25, -0.2) is 4.98 Å². The number of H-pyrrole nitrogens is 1. The van der Waals surface area contributed by atoms with Crippen molar-refractivity contribution in [2.75, 3.05) is 24.3 Å². The molecule has 2 N–H and O–H groups in total. The van der Waals surface area contributed by atoms with E-state index >= 15 is 0 Å². The van der Waals surface area contributed by atoms with Crippen molar-refractivity contribution in [1.82, 2.24) is 14.5 Å². The normalized spacial score (nSPS) is 13.1. The topological polar surface area (TPSA) is 98.2 Å². The van der Waals surface area contributed by atoms with Crippen LogP contribution in [0.1, 0.15) is 19.5 Å². The number of anilines is 1. The van der Waals surface area contributed by atoms with Gasteiger partial charge in [-0.2, -0.15) is 0 Å². The minimum Gasteiger partial charge on any atom is -0.486 e. The molecule has 0 fully saturated rings. The Morgan fingerprint density at radius 1 is 1.27 bits per heavy atom. The maximum absolute atomic E-state index is 12.9. The zero-order valence-corrected chi connectivity index (χ0v) is 18.0. The summed E-state index contributed by atoms with van der Waals surface area (Å²) in [5.74, 6) is 1.50. The summed E-state index contributed by atoms with van der Waals surface area (Å²) < 4.78 is 12.7. The first-order chi connectivity index (χ1) is 14.4. The molecule has 30 heavy (non-hydrogen) atoms. The van der Waals surface area contributed by atoms with Gasteiger partial charge in [-0.3, -0.25) is 14.2 Å². The van der Waals surface area contributed by atoms with Crippen LogP contribution in [0.15, 0.2) is 34.2 Å². The monoisotopic (exact) mass is 428 g/mol. The van der Waals surface area contributed by atoms with Gasteiger partial charge in [0.2, 0.25) is 5.91 Å². The van der Waals surface area contributed by atoms with Gasteiger partial charge in [0.15, 0.2) is 16.7 Å². The summed E-state index contributed by atoms with van der Waals surface area (Å²) in [6.07, 6.45) is 0. The standard InChI is InChI=1S/C21H24N4O4S/c1-12(2)10-25-20(27)19-15(8-13(3)22-19)24-21(25)30-11-18(26)23-14-4-5-16-17(9-14)29-7-6-28-16/h4-5,8-9,12,22H,6-7,10-11H2,1-3H3,(H,23,26). The molecular formula is C21H24N4O4S. The van der Waals surface area contributed by atoms with E-state index in [1.165, 1.54) is 11.8 Å². The molecule has 0 spiro atoms. The molecule has 0 saturated heterocycles. The molecule has 0 atom stereocenters. The Kier molecular flexibility index (Phi) is 5.72. The zero-order valence-electron chi connectivity index (χ0n) is 17.2. The quantitative estimate of drug-likeness (QED) is 0.462. The number of aromatic amines is 1. The van der Waals surface area contributed by atoms with Crippen LogP contribution in [-0.4, -0.2) is 39.4 Å². The van der Waals surface area contributed by atoms with E-state index in [-0.39, 0.29) is 23.1 Å². The van der Waals surface area contributed by atoms with E-state index in [1.54, 1.807) is 22.8 Å². The van der Waals surface area contributed by atoms with Crippen LogP contribution in [0.3, 0.4) is 0 Å². The molecule has 3 heterocycles. The number of aryl methyl sites for hydroxylation is 1. The van der Waals surface area contributed by atoms with Crippen LogP contribution in [0.4, 0.5) is 5.69 Å². The first-order valence-corrected chi connectivity index (χ1v) is 10.8. The van der Waals surface area contributed by atoms with Crippen molar-refractivity contribution in [2.45, 2.75) is 32.5 Å². The van der Waals surface area contributed by atoms with E-state index in [0.717, 1.165) is 5.69 Å². The van der Waals surface area contributed by atoms with Crippen LogP contribution >= 0.6 is 11.8 Å². The highest BCUT2D eigenvalue weighted by Crippen LogP contribution is 2.32. The fraction of sp³-hybridized carbons (Fsp3) is 0.381. The van der Waals surface area contributed by atoms with Crippen LogP contribution in [0.2, 0.25) is 0 Å². The summed E-state index contributed by atoms with van der Waals surface area (Å²) in [7, 11) is 0. The predicted molar refractivity (Wildman–Crippen MR) is 117 cm³/mol. The summed E-state index contributed by atoms with van der Waals surface area (Å²) in [6.45, 7) is 7.51. The van der Waals surface area contributed by atoms with Gasteiger partial charge in [0.1, 0.15) is 18.7 Å². The largest absolute Gasteiger partial charge is 0.486 e. The van der Waals surface area contributed by atoms with Crippen LogP contribution in [-0.2, 0) is 11.3 Å². The number of thioether (sulfide) groups is 1. The number of carbonyl (C=O) groups excluding carboxylic acids is 1. The van der Waals surface area contributed by atoms with E-state index < -0.39 is 0 Å². The number of fused-ring (bicyclic) bond motifs is 2. The van der Waals surface area contributed by atoms with Gasteiger partial charge >= 0.3 is 0 Å². The molecule has 0 aliphatic carbocycles. The molecule has 9 heteroatoms. The summed E-state index contributed by atoms with van der Waals surface area (Å²) in [5, 5.41) is 3.40. The number of rotatable bonds is 6. The molecule has 0 radical (unpaired) electrons. The third kappa shape index (κ3) is 4.30. The number of amides is 1. The smallest absolute Gasteiger partial charge is 0.278 e. The molecule has 158 valence electrons. The third-order valence-electron chi connectivity index (χ3n) is 4.54. The zero-order chi connectivity index (χ0) is 21.3. The van der Waals surface area contributed by atoms with Crippen molar-refractivity contribution in [3.05, 3.63) is 40.3 Å². The second kappa shape index (κ2) is 8.43.